The van der Waals surface area contributed by atoms with E-state index in [0.717, 1.165) is 50.0 Å². The lowest BCUT2D eigenvalue weighted by molar-refractivity contribution is 0.0853. The summed E-state index contributed by atoms with van der Waals surface area (Å²) < 4.78 is 0. The molecule has 1 atom stereocenters. The van der Waals surface area contributed by atoms with Gasteiger partial charge in [-0.05, 0) is 44.0 Å². The van der Waals surface area contributed by atoms with E-state index in [9.17, 15) is 9.90 Å². The molecule has 5 aromatic rings. The maximum absolute atomic E-state index is 12.9. The third-order valence-corrected chi connectivity index (χ3v) is 6.12. The van der Waals surface area contributed by atoms with E-state index in [1.807, 2.05) is 24.3 Å². The molecular formula is C25H21N3O2. The fourth-order valence-corrected chi connectivity index (χ4v) is 4.78. The summed E-state index contributed by atoms with van der Waals surface area (Å²) in [6.07, 6.45) is 2.03. The summed E-state index contributed by atoms with van der Waals surface area (Å²) in [5, 5.41) is 17.2. The summed E-state index contributed by atoms with van der Waals surface area (Å²) in [5.41, 5.74) is 7.48. The average Bonchev–Trinajstić information content (AvgIpc) is 3.37. The molecule has 0 saturated carbocycles. The molecule has 3 aromatic carbocycles. The third-order valence-electron chi connectivity index (χ3n) is 6.12. The van der Waals surface area contributed by atoms with Crippen LogP contribution in [0.25, 0.3) is 43.6 Å². The number of nitrogens with one attached hydrogen (secondary N) is 3. The predicted molar refractivity (Wildman–Crippen MR) is 121 cm³/mol. The quantitative estimate of drug-likeness (QED) is 0.310. The highest BCUT2D eigenvalue weighted by Crippen LogP contribution is 2.44. The molecule has 148 valence electrons. The number of benzene rings is 3. The van der Waals surface area contributed by atoms with E-state index in [-0.39, 0.29) is 5.91 Å². The highest BCUT2D eigenvalue weighted by atomic mass is 16.3. The van der Waals surface area contributed by atoms with Crippen LogP contribution in [-0.4, -0.2) is 21.0 Å². The monoisotopic (exact) mass is 395 g/mol. The van der Waals surface area contributed by atoms with Crippen molar-refractivity contribution in [2.75, 3.05) is 0 Å². The lowest BCUT2D eigenvalue weighted by Crippen LogP contribution is -2.18. The normalized spacial score (nSPS) is 16.0. The SMILES string of the molecule is CC(C)=CCc1ccc2[nH]c3c4[nH]c5ccccc5c4c4c(c3c2c1)C(=O)NC4O. The second kappa shape index (κ2) is 5.97. The van der Waals surface area contributed by atoms with E-state index in [4.69, 9.17) is 0 Å². The van der Waals surface area contributed by atoms with Crippen molar-refractivity contribution in [1.29, 1.82) is 0 Å². The van der Waals surface area contributed by atoms with Gasteiger partial charge in [-0.2, -0.15) is 0 Å². The zero-order valence-electron chi connectivity index (χ0n) is 16.8. The second-order valence-corrected chi connectivity index (χ2v) is 8.33. The van der Waals surface area contributed by atoms with Crippen LogP contribution in [0.2, 0.25) is 0 Å². The summed E-state index contributed by atoms with van der Waals surface area (Å²) in [6.45, 7) is 4.19. The van der Waals surface area contributed by atoms with E-state index in [0.29, 0.717) is 11.1 Å². The number of carbonyl (C=O) groups excluding carboxylic acids is 1. The van der Waals surface area contributed by atoms with Gasteiger partial charge in [-0.25, -0.2) is 0 Å². The van der Waals surface area contributed by atoms with Crippen LogP contribution in [0.5, 0.6) is 0 Å². The molecular weight excluding hydrogens is 374 g/mol. The van der Waals surface area contributed by atoms with Gasteiger partial charge in [0.05, 0.1) is 16.6 Å². The van der Waals surface area contributed by atoms with Gasteiger partial charge in [-0.15, -0.1) is 0 Å². The number of amides is 1. The smallest absolute Gasteiger partial charge is 0.254 e. The molecule has 0 bridgehead atoms. The van der Waals surface area contributed by atoms with Crippen LogP contribution in [0.1, 0.15) is 41.6 Å². The molecule has 5 nitrogen and oxygen atoms in total. The molecule has 30 heavy (non-hydrogen) atoms. The van der Waals surface area contributed by atoms with Crippen LogP contribution in [-0.2, 0) is 6.42 Å². The number of aliphatic hydroxyl groups is 1. The third kappa shape index (κ3) is 2.24. The molecule has 5 heteroatoms. The summed E-state index contributed by atoms with van der Waals surface area (Å²) in [5.74, 6) is -0.231. The second-order valence-electron chi connectivity index (χ2n) is 8.33. The number of aromatic amines is 2. The van der Waals surface area contributed by atoms with E-state index in [1.165, 1.54) is 11.1 Å². The minimum Gasteiger partial charge on any atom is -0.369 e. The Kier molecular flexibility index (Phi) is 3.44. The molecule has 0 spiro atoms. The zero-order valence-corrected chi connectivity index (χ0v) is 16.8. The highest BCUT2D eigenvalue weighted by Gasteiger charge is 2.34. The van der Waals surface area contributed by atoms with Crippen LogP contribution < -0.4 is 5.32 Å². The van der Waals surface area contributed by atoms with Crippen LogP contribution in [0.15, 0.2) is 54.1 Å². The zero-order chi connectivity index (χ0) is 20.6. The molecule has 1 aliphatic rings. The van der Waals surface area contributed by atoms with Crippen LogP contribution in [0.4, 0.5) is 0 Å². The number of rotatable bonds is 2. The summed E-state index contributed by atoms with van der Waals surface area (Å²) in [4.78, 5) is 20.0. The first-order valence-electron chi connectivity index (χ1n) is 10.2. The minimum absolute atomic E-state index is 0.231. The van der Waals surface area contributed by atoms with Crippen LogP contribution in [0.3, 0.4) is 0 Å². The number of aliphatic hydroxyl groups excluding tert-OH is 1. The van der Waals surface area contributed by atoms with Crippen molar-refractivity contribution in [1.82, 2.24) is 15.3 Å². The fourth-order valence-electron chi connectivity index (χ4n) is 4.78. The van der Waals surface area contributed by atoms with E-state index in [2.05, 4.69) is 53.4 Å². The molecule has 0 radical (unpaired) electrons. The molecule has 4 N–H and O–H groups in total. The van der Waals surface area contributed by atoms with E-state index < -0.39 is 6.23 Å². The fraction of sp³-hybridized carbons (Fsp3) is 0.160. The molecule has 3 heterocycles. The predicted octanol–water partition coefficient (Wildman–Crippen LogP) is 5.20. The highest BCUT2D eigenvalue weighted by molar-refractivity contribution is 6.30. The molecule has 0 aliphatic carbocycles. The Morgan fingerprint density at radius 1 is 1.00 bits per heavy atom. The lowest BCUT2D eigenvalue weighted by Gasteiger charge is -2.07. The first kappa shape index (κ1) is 17.3. The summed E-state index contributed by atoms with van der Waals surface area (Å²) in [7, 11) is 0. The minimum atomic E-state index is -1.02. The average molecular weight is 395 g/mol. The molecule has 0 saturated heterocycles. The number of H-pyrrole nitrogens is 2. The number of allylic oxidation sites excluding steroid dienone is 2. The molecule has 0 fully saturated rings. The molecule has 6 rings (SSSR count). The maximum atomic E-state index is 12.9. The maximum Gasteiger partial charge on any atom is 0.254 e. The van der Waals surface area contributed by atoms with Gasteiger partial charge in [-0.3, -0.25) is 4.79 Å². The molecule has 1 amide bonds. The van der Waals surface area contributed by atoms with Crippen molar-refractivity contribution in [2.45, 2.75) is 26.5 Å². The Hall–Kier alpha value is -3.57. The first-order valence-corrected chi connectivity index (χ1v) is 10.2. The van der Waals surface area contributed by atoms with Crippen molar-refractivity contribution in [2.24, 2.45) is 0 Å². The Labute approximate surface area is 172 Å². The Morgan fingerprint density at radius 3 is 2.53 bits per heavy atom. The van der Waals surface area contributed by atoms with Gasteiger partial charge >= 0.3 is 0 Å². The van der Waals surface area contributed by atoms with Crippen LogP contribution in [0, 0.1) is 0 Å². The summed E-state index contributed by atoms with van der Waals surface area (Å²) >= 11 is 0. The van der Waals surface area contributed by atoms with Gasteiger partial charge in [0, 0.05) is 38.1 Å². The van der Waals surface area contributed by atoms with Gasteiger partial charge in [0.15, 0.2) is 6.23 Å². The Balaban J connectivity index is 1.80. The van der Waals surface area contributed by atoms with Crippen molar-refractivity contribution < 1.29 is 9.90 Å². The van der Waals surface area contributed by atoms with Gasteiger partial charge in [-0.1, -0.05) is 35.9 Å². The van der Waals surface area contributed by atoms with E-state index in [1.54, 1.807) is 0 Å². The van der Waals surface area contributed by atoms with Gasteiger partial charge in [0.2, 0.25) is 0 Å². The topological polar surface area (TPSA) is 80.9 Å². The van der Waals surface area contributed by atoms with Crippen molar-refractivity contribution in [3.05, 3.63) is 70.8 Å². The number of para-hydroxylation sites is 1. The number of fused-ring (bicyclic) bond motifs is 10. The lowest BCUT2D eigenvalue weighted by atomic mass is 9.95. The van der Waals surface area contributed by atoms with Crippen LogP contribution >= 0.6 is 0 Å². The number of carbonyl (C=O) groups is 1. The Morgan fingerprint density at radius 2 is 1.73 bits per heavy atom. The first-order chi connectivity index (χ1) is 14.5. The Bertz CT molecular complexity index is 1550. The molecule has 1 aliphatic heterocycles. The largest absolute Gasteiger partial charge is 0.369 e. The standard InChI is InChI=1S/C25H21N3O2/c1-12(2)7-8-13-9-10-17-15(11-13)19-21-20(24(29)28-25(21)30)18-14-5-3-4-6-16(14)26-22(18)23(19)27-17/h3-7,9-11,24,26-27,29H,8H2,1-2H3,(H,28,30). The summed E-state index contributed by atoms with van der Waals surface area (Å²) in [6, 6.07) is 14.3. The van der Waals surface area contributed by atoms with Crippen molar-refractivity contribution in [3.63, 3.8) is 0 Å². The van der Waals surface area contributed by atoms with Crippen molar-refractivity contribution in [3.8, 4) is 0 Å². The van der Waals surface area contributed by atoms with Gasteiger partial charge in [0.1, 0.15) is 0 Å². The number of aromatic nitrogens is 2. The van der Waals surface area contributed by atoms with E-state index >= 15 is 0 Å². The van der Waals surface area contributed by atoms with Gasteiger partial charge < -0.3 is 20.4 Å². The van der Waals surface area contributed by atoms with Crippen molar-refractivity contribution >= 4 is 49.5 Å². The number of hydrogen-bond acceptors (Lipinski definition) is 2. The molecule has 1 unspecified atom stereocenters. The molecule has 2 aromatic heterocycles. The van der Waals surface area contributed by atoms with Gasteiger partial charge in [0.25, 0.3) is 5.91 Å². The number of hydrogen-bond donors (Lipinski definition) is 4.